The van der Waals surface area contributed by atoms with Crippen LogP contribution in [0.15, 0.2) is 30.3 Å². The van der Waals surface area contributed by atoms with Crippen molar-refractivity contribution in [2.24, 2.45) is 0 Å². The van der Waals surface area contributed by atoms with E-state index in [1.165, 1.54) is 6.92 Å². The summed E-state index contributed by atoms with van der Waals surface area (Å²) >= 11 is 0. The molecule has 21 heavy (non-hydrogen) atoms. The standard InChI is InChI=1S/C15H18N2O4/c1-9-7-11-5-3-4-6-12(11)17(9)8-13(19)16-14(10(2)18)15(20)21/h3-7,10,14,18H,8H2,1-2H3,(H,16,19)(H,20,21). The van der Waals surface area contributed by atoms with E-state index in [1.807, 2.05) is 41.8 Å². The number of aromatic nitrogens is 1. The van der Waals surface area contributed by atoms with Gasteiger partial charge in [-0.25, -0.2) is 4.79 Å². The second kappa shape index (κ2) is 5.97. The fourth-order valence-electron chi connectivity index (χ4n) is 2.31. The van der Waals surface area contributed by atoms with Crippen molar-refractivity contribution in [3.8, 4) is 0 Å². The molecule has 0 aliphatic heterocycles. The number of hydrogen-bond acceptors (Lipinski definition) is 3. The highest BCUT2D eigenvalue weighted by Gasteiger charge is 2.25. The van der Waals surface area contributed by atoms with Crippen molar-refractivity contribution >= 4 is 22.8 Å². The number of para-hydroxylation sites is 1. The lowest BCUT2D eigenvalue weighted by Gasteiger charge is -2.17. The van der Waals surface area contributed by atoms with Gasteiger partial charge in [0.05, 0.1) is 6.10 Å². The molecule has 112 valence electrons. The Labute approximate surface area is 122 Å². The predicted molar refractivity (Wildman–Crippen MR) is 77.9 cm³/mol. The number of fused-ring (bicyclic) bond motifs is 1. The number of rotatable bonds is 5. The zero-order valence-electron chi connectivity index (χ0n) is 11.9. The lowest BCUT2D eigenvalue weighted by atomic mass is 10.2. The van der Waals surface area contributed by atoms with E-state index in [0.717, 1.165) is 16.6 Å². The molecule has 0 saturated heterocycles. The number of carbonyl (C=O) groups excluding carboxylic acids is 1. The van der Waals surface area contributed by atoms with Crippen LogP contribution in [0, 0.1) is 6.92 Å². The normalized spacial score (nSPS) is 13.9. The molecule has 0 radical (unpaired) electrons. The summed E-state index contributed by atoms with van der Waals surface area (Å²) in [5, 5.41) is 21.7. The number of aliphatic hydroxyl groups is 1. The summed E-state index contributed by atoms with van der Waals surface area (Å²) in [5.41, 5.74) is 1.82. The van der Waals surface area contributed by atoms with E-state index in [2.05, 4.69) is 5.32 Å². The van der Waals surface area contributed by atoms with Crippen molar-refractivity contribution in [2.75, 3.05) is 0 Å². The minimum Gasteiger partial charge on any atom is -0.480 e. The zero-order chi connectivity index (χ0) is 15.6. The average Bonchev–Trinajstić information content (AvgIpc) is 2.72. The van der Waals surface area contributed by atoms with Gasteiger partial charge < -0.3 is 20.1 Å². The van der Waals surface area contributed by atoms with Crippen molar-refractivity contribution in [1.82, 2.24) is 9.88 Å². The summed E-state index contributed by atoms with van der Waals surface area (Å²) in [6.07, 6.45) is -1.16. The van der Waals surface area contributed by atoms with Crippen molar-refractivity contribution in [3.05, 3.63) is 36.0 Å². The van der Waals surface area contributed by atoms with Gasteiger partial charge in [0.1, 0.15) is 6.54 Å². The Balaban J connectivity index is 2.18. The molecule has 6 heteroatoms. The first-order chi connectivity index (χ1) is 9.90. The number of amides is 1. The van der Waals surface area contributed by atoms with Crippen molar-refractivity contribution in [3.63, 3.8) is 0 Å². The molecule has 2 unspecified atom stereocenters. The fraction of sp³-hybridized carbons (Fsp3) is 0.333. The van der Waals surface area contributed by atoms with E-state index in [9.17, 15) is 14.7 Å². The minimum atomic E-state index is -1.31. The van der Waals surface area contributed by atoms with Gasteiger partial charge in [0.25, 0.3) is 0 Å². The highest BCUT2D eigenvalue weighted by Crippen LogP contribution is 2.18. The van der Waals surface area contributed by atoms with Crippen LogP contribution in [0.4, 0.5) is 0 Å². The van der Waals surface area contributed by atoms with Crippen molar-refractivity contribution < 1.29 is 19.8 Å². The van der Waals surface area contributed by atoms with Crippen LogP contribution >= 0.6 is 0 Å². The van der Waals surface area contributed by atoms with Crippen LogP contribution in [0.25, 0.3) is 10.9 Å². The van der Waals surface area contributed by atoms with E-state index in [1.54, 1.807) is 0 Å². The number of nitrogens with one attached hydrogen (secondary N) is 1. The fourth-order valence-corrected chi connectivity index (χ4v) is 2.31. The van der Waals surface area contributed by atoms with E-state index in [-0.39, 0.29) is 6.54 Å². The molecule has 1 amide bonds. The molecule has 6 nitrogen and oxygen atoms in total. The van der Waals surface area contributed by atoms with Crippen LogP contribution in [0.1, 0.15) is 12.6 Å². The largest absolute Gasteiger partial charge is 0.480 e. The Bertz CT molecular complexity index is 675. The number of benzene rings is 1. The van der Waals surface area contributed by atoms with E-state index in [4.69, 9.17) is 5.11 Å². The molecule has 2 atom stereocenters. The maximum absolute atomic E-state index is 12.0. The molecule has 0 aliphatic rings. The predicted octanol–water partition coefficient (Wildman–Crippen LogP) is 0.900. The number of carboxylic acids is 1. The van der Waals surface area contributed by atoms with E-state index >= 15 is 0 Å². The first kappa shape index (κ1) is 15.1. The van der Waals surface area contributed by atoms with Gasteiger partial charge in [-0.15, -0.1) is 0 Å². The molecule has 1 aromatic heterocycles. The topological polar surface area (TPSA) is 91.6 Å². The van der Waals surface area contributed by atoms with Crippen LogP contribution < -0.4 is 5.32 Å². The van der Waals surface area contributed by atoms with Gasteiger partial charge in [-0.05, 0) is 31.4 Å². The van der Waals surface area contributed by atoms with Crippen LogP contribution in [0.5, 0.6) is 0 Å². The van der Waals surface area contributed by atoms with Gasteiger partial charge in [-0.1, -0.05) is 18.2 Å². The van der Waals surface area contributed by atoms with Gasteiger partial charge in [0.15, 0.2) is 6.04 Å². The smallest absolute Gasteiger partial charge is 0.328 e. The van der Waals surface area contributed by atoms with Gasteiger partial charge in [-0.3, -0.25) is 4.79 Å². The Kier molecular flexibility index (Phi) is 4.28. The summed E-state index contributed by atoms with van der Waals surface area (Å²) in [6.45, 7) is 3.22. The molecule has 0 spiro atoms. The number of nitrogens with zero attached hydrogens (tertiary/aromatic N) is 1. The van der Waals surface area contributed by atoms with Gasteiger partial charge in [-0.2, -0.15) is 0 Å². The first-order valence-corrected chi connectivity index (χ1v) is 6.65. The maximum atomic E-state index is 12.0. The number of aliphatic carboxylic acids is 1. The average molecular weight is 290 g/mol. The molecular formula is C15H18N2O4. The lowest BCUT2D eigenvalue weighted by Crippen LogP contribution is -2.48. The number of hydrogen-bond donors (Lipinski definition) is 3. The molecule has 3 N–H and O–H groups in total. The van der Waals surface area contributed by atoms with Crippen LogP contribution in [-0.2, 0) is 16.1 Å². The van der Waals surface area contributed by atoms with Crippen LogP contribution in [-0.4, -0.2) is 38.8 Å². The third kappa shape index (κ3) is 3.22. The first-order valence-electron chi connectivity index (χ1n) is 6.65. The summed E-state index contributed by atoms with van der Waals surface area (Å²) in [7, 11) is 0. The number of aliphatic hydroxyl groups excluding tert-OH is 1. The Morgan fingerprint density at radius 1 is 1.33 bits per heavy atom. The second-order valence-electron chi connectivity index (χ2n) is 5.05. The SMILES string of the molecule is Cc1cc2ccccc2n1CC(=O)NC(C(=O)O)C(C)O. The molecule has 0 fully saturated rings. The third-order valence-corrected chi connectivity index (χ3v) is 3.38. The van der Waals surface area contributed by atoms with E-state index in [0.29, 0.717) is 0 Å². The second-order valence-corrected chi connectivity index (χ2v) is 5.05. The molecule has 0 aliphatic carbocycles. The van der Waals surface area contributed by atoms with Crippen LogP contribution in [0.3, 0.4) is 0 Å². The monoisotopic (exact) mass is 290 g/mol. The quantitative estimate of drug-likeness (QED) is 0.763. The Morgan fingerprint density at radius 3 is 2.62 bits per heavy atom. The molecule has 2 rings (SSSR count). The molecular weight excluding hydrogens is 272 g/mol. The highest BCUT2D eigenvalue weighted by atomic mass is 16.4. The lowest BCUT2D eigenvalue weighted by molar-refractivity contribution is -0.144. The van der Waals surface area contributed by atoms with E-state index < -0.39 is 24.0 Å². The van der Waals surface area contributed by atoms with Gasteiger partial charge >= 0.3 is 5.97 Å². The molecule has 0 bridgehead atoms. The molecule has 0 saturated carbocycles. The zero-order valence-corrected chi connectivity index (χ0v) is 11.9. The molecule has 1 aromatic carbocycles. The molecule has 2 aromatic rings. The molecule has 1 heterocycles. The number of carboxylic acid groups (broad SMARTS) is 1. The number of aryl methyl sites for hydroxylation is 1. The van der Waals surface area contributed by atoms with Gasteiger partial charge in [0, 0.05) is 11.2 Å². The summed E-state index contributed by atoms with van der Waals surface area (Å²) in [5.74, 6) is -1.71. The Morgan fingerprint density at radius 2 is 2.00 bits per heavy atom. The minimum absolute atomic E-state index is 0.00977. The summed E-state index contributed by atoms with van der Waals surface area (Å²) in [4.78, 5) is 23.0. The number of carbonyl (C=O) groups is 2. The van der Waals surface area contributed by atoms with Crippen molar-refractivity contribution in [2.45, 2.75) is 32.5 Å². The summed E-state index contributed by atoms with van der Waals surface area (Å²) in [6, 6.07) is 8.31. The summed E-state index contributed by atoms with van der Waals surface area (Å²) < 4.78 is 1.81. The van der Waals surface area contributed by atoms with Gasteiger partial charge in [0.2, 0.25) is 5.91 Å². The maximum Gasteiger partial charge on any atom is 0.328 e. The van der Waals surface area contributed by atoms with Crippen LogP contribution in [0.2, 0.25) is 0 Å². The van der Waals surface area contributed by atoms with Crippen molar-refractivity contribution in [1.29, 1.82) is 0 Å². The highest BCUT2D eigenvalue weighted by molar-refractivity contribution is 5.86. The Hall–Kier alpha value is -2.34. The third-order valence-electron chi connectivity index (χ3n) is 3.38.